The predicted molar refractivity (Wildman–Crippen MR) is 29.0 cm³/mol. The second kappa shape index (κ2) is 1.77. The van der Waals surface area contributed by atoms with Gasteiger partial charge in [0.25, 0.3) is 0 Å². The number of hydrogen-bond acceptors (Lipinski definition) is 3. The predicted octanol–water partition coefficient (Wildman–Crippen LogP) is 1.15. The van der Waals surface area contributed by atoms with Crippen LogP contribution in [-0.4, -0.2) is 6.79 Å². The second-order valence-electron chi connectivity index (χ2n) is 1.87. The molecule has 0 unspecified atom stereocenters. The summed E-state index contributed by atoms with van der Waals surface area (Å²) in [5, 5.41) is 0. The molecule has 1 aliphatic rings. The van der Waals surface area contributed by atoms with Gasteiger partial charge >= 0.3 is 0 Å². The normalized spacial score (nSPS) is 16.4. The van der Waals surface area contributed by atoms with E-state index in [1.54, 1.807) is 12.5 Å². The van der Waals surface area contributed by atoms with E-state index >= 15 is 0 Å². The minimum atomic E-state index is 0.340. The number of rotatable bonds is 0. The number of furan rings is 1. The second-order valence-corrected chi connectivity index (χ2v) is 1.87. The average molecular weight is 126 g/mol. The fraction of sp³-hybridized carbons (Fsp3) is 0.333. The Kier molecular flexibility index (Phi) is 0.960. The Labute approximate surface area is 52.2 Å². The third kappa shape index (κ3) is 0.695. The molecule has 0 N–H and O–H groups in total. The van der Waals surface area contributed by atoms with Gasteiger partial charge in [-0.15, -0.1) is 0 Å². The third-order valence-electron chi connectivity index (χ3n) is 1.26. The fourth-order valence-corrected chi connectivity index (χ4v) is 0.800. The van der Waals surface area contributed by atoms with Crippen molar-refractivity contribution in [3.8, 4) is 5.75 Å². The van der Waals surface area contributed by atoms with E-state index in [1.807, 2.05) is 0 Å². The van der Waals surface area contributed by atoms with Crippen LogP contribution in [0.4, 0.5) is 0 Å². The molecule has 48 valence electrons. The van der Waals surface area contributed by atoms with Crippen molar-refractivity contribution in [2.45, 2.75) is 6.61 Å². The van der Waals surface area contributed by atoms with Crippen molar-refractivity contribution in [2.75, 3.05) is 6.79 Å². The smallest absolute Gasteiger partial charge is 0.189 e. The van der Waals surface area contributed by atoms with Gasteiger partial charge in [-0.1, -0.05) is 0 Å². The minimum absolute atomic E-state index is 0.340. The van der Waals surface area contributed by atoms with E-state index in [9.17, 15) is 0 Å². The third-order valence-corrected chi connectivity index (χ3v) is 1.26. The van der Waals surface area contributed by atoms with Crippen LogP contribution in [0, 0.1) is 0 Å². The molecule has 3 heteroatoms. The first-order valence-corrected chi connectivity index (χ1v) is 2.72. The number of ether oxygens (including phenoxy) is 2. The maximum absolute atomic E-state index is 5.05. The van der Waals surface area contributed by atoms with E-state index < -0.39 is 0 Å². The van der Waals surface area contributed by atoms with Gasteiger partial charge in [-0.2, -0.15) is 0 Å². The Morgan fingerprint density at radius 2 is 2.33 bits per heavy atom. The van der Waals surface area contributed by atoms with E-state index in [4.69, 9.17) is 13.9 Å². The highest BCUT2D eigenvalue weighted by Crippen LogP contribution is 2.23. The van der Waals surface area contributed by atoms with Gasteiger partial charge in [0, 0.05) is 0 Å². The molecule has 1 aliphatic heterocycles. The molecule has 0 aromatic carbocycles. The molecule has 0 saturated carbocycles. The highest BCUT2D eigenvalue weighted by molar-refractivity contribution is 5.27. The quantitative estimate of drug-likeness (QED) is 0.522. The highest BCUT2D eigenvalue weighted by Gasteiger charge is 2.10. The molecule has 0 bridgehead atoms. The van der Waals surface area contributed by atoms with Gasteiger partial charge in [0.1, 0.15) is 6.26 Å². The number of hydrogen-bond donors (Lipinski definition) is 0. The Morgan fingerprint density at radius 1 is 1.33 bits per heavy atom. The van der Waals surface area contributed by atoms with E-state index in [2.05, 4.69) is 0 Å². The number of fused-ring (bicyclic) bond motifs is 1. The van der Waals surface area contributed by atoms with Crippen molar-refractivity contribution in [3.63, 3.8) is 0 Å². The molecule has 3 nitrogen and oxygen atoms in total. The molecular weight excluding hydrogens is 120 g/mol. The standard InChI is InChI=1S/C6H6O3/c1-5-2-8-4-9-6(5)3-7-1/h1,3H,2,4H2. The lowest BCUT2D eigenvalue weighted by Crippen LogP contribution is -2.08. The van der Waals surface area contributed by atoms with Crippen LogP contribution in [0.1, 0.15) is 5.56 Å². The molecule has 0 aliphatic carbocycles. The molecule has 0 amide bonds. The lowest BCUT2D eigenvalue weighted by molar-refractivity contribution is -0.0156. The van der Waals surface area contributed by atoms with Gasteiger partial charge in [-0.3, -0.25) is 0 Å². The summed E-state index contributed by atoms with van der Waals surface area (Å²) in [5.41, 5.74) is 0.987. The first-order valence-electron chi connectivity index (χ1n) is 2.72. The van der Waals surface area contributed by atoms with Gasteiger partial charge in [0.05, 0.1) is 18.4 Å². The lowest BCUT2D eigenvalue weighted by Gasteiger charge is -2.11. The summed E-state index contributed by atoms with van der Waals surface area (Å²) in [6, 6.07) is 0. The monoisotopic (exact) mass is 126 g/mol. The van der Waals surface area contributed by atoms with Crippen molar-refractivity contribution in [2.24, 2.45) is 0 Å². The van der Waals surface area contributed by atoms with Crippen LogP contribution >= 0.6 is 0 Å². The molecule has 2 rings (SSSR count). The molecule has 2 heterocycles. The summed E-state index contributed by atoms with van der Waals surface area (Å²) >= 11 is 0. The summed E-state index contributed by atoms with van der Waals surface area (Å²) in [6.45, 7) is 0.943. The Balaban J connectivity index is 2.39. The van der Waals surface area contributed by atoms with E-state index in [0.29, 0.717) is 13.4 Å². The molecular formula is C6H6O3. The van der Waals surface area contributed by atoms with Crippen LogP contribution < -0.4 is 4.74 Å². The van der Waals surface area contributed by atoms with Gasteiger partial charge < -0.3 is 13.9 Å². The van der Waals surface area contributed by atoms with Crippen LogP contribution in [0.5, 0.6) is 5.75 Å². The van der Waals surface area contributed by atoms with Crippen LogP contribution in [0.3, 0.4) is 0 Å². The zero-order chi connectivity index (χ0) is 6.10. The topological polar surface area (TPSA) is 31.6 Å². The maximum Gasteiger partial charge on any atom is 0.189 e. The zero-order valence-electron chi connectivity index (χ0n) is 4.79. The van der Waals surface area contributed by atoms with E-state index in [0.717, 1.165) is 11.3 Å². The van der Waals surface area contributed by atoms with Crippen molar-refractivity contribution < 1.29 is 13.9 Å². The van der Waals surface area contributed by atoms with Gasteiger partial charge in [0.15, 0.2) is 12.5 Å². The molecule has 0 radical (unpaired) electrons. The Hall–Kier alpha value is -0.960. The first-order chi connectivity index (χ1) is 4.47. The van der Waals surface area contributed by atoms with Gasteiger partial charge in [-0.05, 0) is 0 Å². The summed E-state index contributed by atoms with van der Waals surface area (Å²) in [5.74, 6) is 0.807. The van der Waals surface area contributed by atoms with Crippen LogP contribution in [0.25, 0.3) is 0 Å². The lowest BCUT2D eigenvalue weighted by atomic mass is 10.3. The molecule has 0 atom stereocenters. The molecule has 0 spiro atoms. The minimum Gasteiger partial charge on any atom is -0.468 e. The summed E-state index contributed by atoms with van der Waals surface area (Å²) in [6.07, 6.45) is 3.21. The molecule has 0 saturated heterocycles. The summed E-state index contributed by atoms with van der Waals surface area (Å²) < 4.78 is 14.9. The highest BCUT2D eigenvalue weighted by atomic mass is 16.7. The van der Waals surface area contributed by atoms with Crippen molar-refractivity contribution in [1.82, 2.24) is 0 Å². The van der Waals surface area contributed by atoms with Crippen LogP contribution in [0.15, 0.2) is 16.9 Å². The van der Waals surface area contributed by atoms with Gasteiger partial charge in [0.2, 0.25) is 0 Å². The van der Waals surface area contributed by atoms with Crippen molar-refractivity contribution in [3.05, 3.63) is 18.1 Å². The molecule has 1 aromatic rings. The molecule has 1 aromatic heterocycles. The Bertz CT molecular complexity index is 183. The van der Waals surface area contributed by atoms with Crippen molar-refractivity contribution >= 4 is 0 Å². The average Bonchev–Trinajstić information content (AvgIpc) is 2.33. The fourth-order valence-electron chi connectivity index (χ4n) is 0.800. The summed E-state index contributed by atoms with van der Waals surface area (Å²) in [4.78, 5) is 0. The molecule has 0 fully saturated rings. The zero-order valence-corrected chi connectivity index (χ0v) is 4.79. The Morgan fingerprint density at radius 3 is 3.22 bits per heavy atom. The van der Waals surface area contributed by atoms with Crippen LogP contribution in [0.2, 0.25) is 0 Å². The first kappa shape index (κ1) is 4.88. The van der Waals surface area contributed by atoms with E-state index in [1.165, 1.54) is 0 Å². The van der Waals surface area contributed by atoms with Gasteiger partial charge in [-0.25, -0.2) is 0 Å². The molecule has 9 heavy (non-hydrogen) atoms. The maximum atomic E-state index is 5.05. The SMILES string of the molecule is c1occ2c1COCO2. The van der Waals surface area contributed by atoms with E-state index in [-0.39, 0.29) is 0 Å². The largest absolute Gasteiger partial charge is 0.468 e. The summed E-state index contributed by atoms with van der Waals surface area (Å²) in [7, 11) is 0. The van der Waals surface area contributed by atoms with Crippen molar-refractivity contribution in [1.29, 1.82) is 0 Å². The van der Waals surface area contributed by atoms with Crippen LogP contribution in [-0.2, 0) is 11.3 Å².